The van der Waals surface area contributed by atoms with Crippen molar-refractivity contribution < 1.29 is 0 Å². The minimum Gasteiger partial charge on any atom is -0.331 e. The van der Waals surface area contributed by atoms with Gasteiger partial charge in [0.05, 0.1) is 16.4 Å². The van der Waals surface area contributed by atoms with E-state index >= 15 is 0 Å². The molecular weight excluding hydrogens is 254 g/mol. The minimum atomic E-state index is 0.450. The molecule has 0 aromatic carbocycles. The quantitative estimate of drug-likeness (QED) is 0.901. The first-order chi connectivity index (χ1) is 8.16. The highest BCUT2D eigenvalue weighted by atomic mass is 35.5. The zero-order valence-electron chi connectivity index (χ0n) is 9.98. The highest BCUT2D eigenvalue weighted by molar-refractivity contribution is 7.16. The Balaban J connectivity index is 1.88. The molecule has 5 heteroatoms. The summed E-state index contributed by atoms with van der Waals surface area (Å²) in [6.45, 7) is 5.99. The Morgan fingerprint density at radius 2 is 2.24 bits per heavy atom. The number of nitrogens with zero attached hydrogens (tertiary/aromatic N) is 2. The molecule has 2 aromatic heterocycles. The first-order valence-corrected chi connectivity index (χ1v) is 6.82. The van der Waals surface area contributed by atoms with Gasteiger partial charge in [0.15, 0.2) is 0 Å². The van der Waals surface area contributed by atoms with Gasteiger partial charge in [-0.05, 0) is 26.0 Å². The Kier molecular flexibility index (Phi) is 4.20. The van der Waals surface area contributed by atoms with Crippen LogP contribution in [0.3, 0.4) is 0 Å². The fourth-order valence-corrected chi connectivity index (χ4v) is 2.75. The minimum absolute atomic E-state index is 0.450. The van der Waals surface area contributed by atoms with E-state index in [4.69, 9.17) is 11.6 Å². The Morgan fingerprint density at radius 1 is 1.41 bits per heavy atom. The van der Waals surface area contributed by atoms with Gasteiger partial charge in [-0.25, -0.2) is 4.98 Å². The van der Waals surface area contributed by atoms with Crippen LogP contribution in [0.25, 0.3) is 0 Å². The molecule has 0 bridgehead atoms. The Hall–Kier alpha value is -0.840. The fraction of sp³-hybridized carbons (Fsp3) is 0.417. The van der Waals surface area contributed by atoms with Gasteiger partial charge in [-0.3, -0.25) is 0 Å². The van der Waals surface area contributed by atoms with E-state index in [2.05, 4.69) is 34.8 Å². The molecule has 17 heavy (non-hydrogen) atoms. The lowest BCUT2D eigenvalue weighted by Crippen LogP contribution is -2.15. The van der Waals surface area contributed by atoms with Gasteiger partial charge in [0, 0.05) is 30.2 Å². The van der Waals surface area contributed by atoms with Crippen molar-refractivity contribution in [2.45, 2.75) is 33.0 Å². The average Bonchev–Trinajstić information content (AvgIpc) is 2.87. The van der Waals surface area contributed by atoms with E-state index in [0.29, 0.717) is 6.04 Å². The molecule has 0 saturated heterocycles. The Morgan fingerprint density at radius 3 is 2.88 bits per heavy atom. The number of aromatic nitrogens is 2. The highest BCUT2D eigenvalue weighted by Gasteiger charge is 2.05. The first-order valence-electron chi connectivity index (χ1n) is 5.62. The van der Waals surface area contributed by atoms with E-state index in [1.54, 1.807) is 11.3 Å². The zero-order chi connectivity index (χ0) is 12.3. The van der Waals surface area contributed by atoms with Crippen molar-refractivity contribution in [3.63, 3.8) is 0 Å². The SMILES string of the molecule is CC(C)n1cncc1CNCc1ccc(Cl)s1. The van der Waals surface area contributed by atoms with Crippen LogP contribution < -0.4 is 5.32 Å². The Labute approximate surface area is 110 Å². The number of halogens is 1. The highest BCUT2D eigenvalue weighted by Crippen LogP contribution is 2.21. The van der Waals surface area contributed by atoms with Crippen LogP contribution in [0.2, 0.25) is 4.34 Å². The van der Waals surface area contributed by atoms with Crippen LogP contribution in [0.4, 0.5) is 0 Å². The molecule has 3 nitrogen and oxygen atoms in total. The molecule has 2 heterocycles. The molecule has 2 aromatic rings. The number of nitrogens with one attached hydrogen (secondary N) is 1. The summed E-state index contributed by atoms with van der Waals surface area (Å²) < 4.78 is 3.02. The maximum Gasteiger partial charge on any atom is 0.0951 e. The number of imidazole rings is 1. The number of hydrogen-bond donors (Lipinski definition) is 1. The largest absolute Gasteiger partial charge is 0.331 e. The van der Waals surface area contributed by atoms with Gasteiger partial charge in [0.2, 0.25) is 0 Å². The van der Waals surface area contributed by atoms with E-state index in [-0.39, 0.29) is 0 Å². The lowest BCUT2D eigenvalue weighted by atomic mass is 10.3. The maximum atomic E-state index is 5.88. The predicted octanol–water partition coefficient (Wildman–Crippen LogP) is 3.47. The molecule has 0 spiro atoms. The third kappa shape index (κ3) is 3.31. The lowest BCUT2D eigenvalue weighted by molar-refractivity contribution is 0.551. The van der Waals surface area contributed by atoms with Crippen molar-refractivity contribution in [2.75, 3.05) is 0 Å². The second kappa shape index (κ2) is 5.67. The van der Waals surface area contributed by atoms with Gasteiger partial charge in [-0.15, -0.1) is 11.3 Å². The monoisotopic (exact) mass is 269 g/mol. The van der Waals surface area contributed by atoms with Crippen molar-refractivity contribution in [3.8, 4) is 0 Å². The maximum absolute atomic E-state index is 5.88. The molecule has 0 unspecified atom stereocenters. The van der Waals surface area contributed by atoms with Crippen molar-refractivity contribution >= 4 is 22.9 Å². The van der Waals surface area contributed by atoms with Gasteiger partial charge >= 0.3 is 0 Å². The van der Waals surface area contributed by atoms with Gasteiger partial charge in [0.1, 0.15) is 0 Å². The van der Waals surface area contributed by atoms with Gasteiger partial charge < -0.3 is 9.88 Å². The van der Waals surface area contributed by atoms with Crippen LogP contribution in [0.15, 0.2) is 24.7 Å². The molecule has 92 valence electrons. The fourth-order valence-electron chi connectivity index (χ4n) is 1.69. The third-order valence-corrected chi connectivity index (χ3v) is 3.77. The number of rotatable bonds is 5. The first kappa shape index (κ1) is 12.6. The summed E-state index contributed by atoms with van der Waals surface area (Å²) in [5.41, 5.74) is 1.21. The summed E-state index contributed by atoms with van der Waals surface area (Å²) >= 11 is 7.50. The van der Waals surface area contributed by atoms with Crippen LogP contribution in [-0.4, -0.2) is 9.55 Å². The molecule has 0 amide bonds. The number of thiophene rings is 1. The van der Waals surface area contributed by atoms with Crippen molar-refractivity contribution in [1.82, 2.24) is 14.9 Å². The molecule has 0 aliphatic rings. The van der Waals surface area contributed by atoms with E-state index in [1.165, 1.54) is 10.6 Å². The van der Waals surface area contributed by atoms with Gasteiger partial charge in [-0.2, -0.15) is 0 Å². The molecule has 0 fully saturated rings. The van der Waals surface area contributed by atoms with Crippen LogP contribution in [0, 0.1) is 0 Å². The second-order valence-electron chi connectivity index (χ2n) is 4.20. The molecule has 0 aliphatic carbocycles. The average molecular weight is 270 g/mol. The summed E-state index contributed by atoms with van der Waals surface area (Å²) in [6, 6.07) is 4.44. The summed E-state index contributed by atoms with van der Waals surface area (Å²) in [6.07, 6.45) is 3.79. The Bertz CT molecular complexity index is 476. The van der Waals surface area contributed by atoms with Gasteiger partial charge in [0.25, 0.3) is 0 Å². The van der Waals surface area contributed by atoms with E-state index < -0.39 is 0 Å². The van der Waals surface area contributed by atoms with Crippen LogP contribution in [0.5, 0.6) is 0 Å². The predicted molar refractivity (Wildman–Crippen MR) is 72.5 cm³/mol. The molecular formula is C12H16ClN3S. The van der Waals surface area contributed by atoms with Crippen LogP contribution in [-0.2, 0) is 13.1 Å². The zero-order valence-corrected chi connectivity index (χ0v) is 11.6. The molecule has 1 N–H and O–H groups in total. The standard InChI is InChI=1S/C12H16ClN3S/c1-9(2)16-8-15-6-10(16)5-14-7-11-3-4-12(13)17-11/h3-4,6,8-9,14H,5,7H2,1-2H3. The smallest absolute Gasteiger partial charge is 0.0951 e. The van der Waals surface area contributed by atoms with Crippen LogP contribution in [0.1, 0.15) is 30.5 Å². The lowest BCUT2D eigenvalue weighted by Gasteiger charge is -2.11. The summed E-state index contributed by atoms with van der Waals surface area (Å²) in [5, 5.41) is 3.40. The number of hydrogen-bond acceptors (Lipinski definition) is 3. The van der Waals surface area contributed by atoms with Gasteiger partial charge in [-0.1, -0.05) is 11.6 Å². The molecule has 0 radical (unpaired) electrons. The second-order valence-corrected chi connectivity index (χ2v) is 6.00. The van der Waals surface area contributed by atoms with E-state index in [1.807, 2.05) is 18.6 Å². The van der Waals surface area contributed by atoms with Crippen molar-refractivity contribution in [2.24, 2.45) is 0 Å². The van der Waals surface area contributed by atoms with E-state index in [9.17, 15) is 0 Å². The molecule has 2 rings (SSSR count). The van der Waals surface area contributed by atoms with E-state index in [0.717, 1.165) is 17.4 Å². The van der Waals surface area contributed by atoms with Crippen LogP contribution >= 0.6 is 22.9 Å². The van der Waals surface area contributed by atoms with Crippen molar-refractivity contribution in [3.05, 3.63) is 39.6 Å². The molecule has 0 atom stereocenters. The van der Waals surface area contributed by atoms with Crippen molar-refractivity contribution in [1.29, 1.82) is 0 Å². The summed E-state index contributed by atoms with van der Waals surface area (Å²) in [7, 11) is 0. The summed E-state index contributed by atoms with van der Waals surface area (Å²) in [5.74, 6) is 0. The molecule has 0 saturated carbocycles. The molecule has 0 aliphatic heterocycles. The normalized spacial score (nSPS) is 11.3. The summed E-state index contributed by atoms with van der Waals surface area (Å²) in [4.78, 5) is 5.43. The topological polar surface area (TPSA) is 29.9 Å². The third-order valence-electron chi connectivity index (χ3n) is 2.54.